The van der Waals surface area contributed by atoms with E-state index in [1.54, 1.807) is 12.1 Å². The van der Waals surface area contributed by atoms with E-state index in [0.29, 0.717) is 5.75 Å². The molecule has 3 rings (SSSR count). The van der Waals surface area contributed by atoms with Gasteiger partial charge in [-0.1, -0.05) is 30.3 Å². The van der Waals surface area contributed by atoms with E-state index in [0.717, 1.165) is 11.4 Å². The number of rotatable bonds is 2. The fourth-order valence-corrected chi connectivity index (χ4v) is 3.29. The first-order valence-electron chi connectivity index (χ1n) is 5.25. The maximum atomic E-state index is 12.4. The average molecular weight is 246 g/mol. The van der Waals surface area contributed by atoms with Crippen molar-refractivity contribution in [1.29, 1.82) is 0 Å². The van der Waals surface area contributed by atoms with Crippen molar-refractivity contribution < 1.29 is 9.09 Å². The Morgan fingerprint density at radius 2 is 1.35 bits per heavy atom. The van der Waals surface area contributed by atoms with Gasteiger partial charge in [0.25, 0.3) is 0 Å². The lowest BCUT2D eigenvalue weighted by atomic mass is 10.3. The van der Waals surface area contributed by atoms with Crippen molar-refractivity contribution in [2.24, 2.45) is 0 Å². The molecule has 1 aliphatic rings. The predicted octanol–water partition coefficient (Wildman–Crippen LogP) is 3.71. The van der Waals surface area contributed by atoms with Crippen molar-refractivity contribution in [2.75, 3.05) is 10.2 Å². The van der Waals surface area contributed by atoms with E-state index in [9.17, 15) is 4.57 Å². The van der Waals surface area contributed by atoms with Gasteiger partial charge in [0.1, 0.15) is 5.75 Å². The summed E-state index contributed by atoms with van der Waals surface area (Å²) in [6.45, 7) is 0. The Morgan fingerprint density at radius 3 is 1.94 bits per heavy atom. The maximum Gasteiger partial charge on any atom is 0.444 e. The van der Waals surface area contributed by atoms with E-state index in [4.69, 9.17) is 4.52 Å². The quantitative estimate of drug-likeness (QED) is 0.793. The van der Waals surface area contributed by atoms with Gasteiger partial charge in [-0.3, -0.25) is 10.2 Å². The number of para-hydroxylation sites is 3. The maximum absolute atomic E-state index is 12.4. The highest BCUT2D eigenvalue weighted by Crippen LogP contribution is 2.54. The van der Waals surface area contributed by atoms with Gasteiger partial charge in [-0.05, 0) is 24.3 Å². The normalized spacial score (nSPS) is 15.5. The molecule has 2 aromatic carbocycles. The van der Waals surface area contributed by atoms with Crippen molar-refractivity contribution in [2.45, 2.75) is 0 Å². The molecule has 0 aromatic heterocycles. The van der Waals surface area contributed by atoms with Crippen molar-refractivity contribution in [3.63, 3.8) is 0 Å². The first kappa shape index (κ1) is 10.2. The molecule has 0 bridgehead atoms. The van der Waals surface area contributed by atoms with Crippen molar-refractivity contribution in [3.8, 4) is 5.75 Å². The van der Waals surface area contributed by atoms with Crippen LogP contribution in [0.15, 0.2) is 54.6 Å². The lowest BCUT2D eigenvalue weighted by Crippen LogP contribution is -2.03. The van der Waals surface area contributed by atoms with Crippen LogP contribution in [0, 0.1) is 0 Å². The van der Waals surface area contributed by atoms with Crippen LogP contribution in [0.2, 0.25) is 0 Å². The second-order valence-electron chi connectivity index (χ2n) is 3.73. The number of nitrogens with one attached hydrogen (secondary N) is 2. The molecule has 2 N–H and O–H groups in total. The summed E-state index contributed by atoms with van der Waals surface area (Å²) in [7, 11) is -3.07. The average Bonchev–Trinajstić information content (AvgIpc) is 2.66. The van der Waals surface area contributed by atoms with Gasteiger partial charge in [0.15, 0.2) is 0 Å². The highest BCUT2D eigenvalue weighted by Gasteiger charge is 2.32. The lowest BCUT2D eigenvalue weighted by Gasteiger charge is -2.14. The van der Waals surface area contributed by atoms with Crippen LogP contribution in [0.3, 0.4) is 0 Å². The minimum Gasteiger partial charge on any atom is -0.414 e. The van der Waals surface area contributed by atoms with E-state index in [2.05, 4.69) is 10.2 Å². The van der Waals surface area contributed by atoms with Crippen LogP contribution >= 0.6 is 7.67 Å². The van der Waals surface area contributed by atoms with Gasteiger partial charge < -0.3 is 4.52 Å². The van der Waals surface area contributed by atoms with Gasteiger partial charge in [0, 0.05) is 0 Å². The van der Waals surface area contributed by atoms with Crippen LogP contribution in [-0.4, -0.2) is 0 Å². The molecular weight excluding hydrogens is 235 g/mol. The zero-order chi connectivity index (χ0) is 11.7. The molecule has 0 unspecified atom stereocenters. The summed E-state index contributed by atoms with van der Waals surface area (Å²) in [4.78, 5) is 0. The summed E-state index contributed by atoms with van der Waals surface area (Å²) in [5.41, 5.74) is 1.60. The Hall–Kier alpha value is -1.93. The van der Waals surface area contributed by atoms with Crippen LogP contribution in [0.25, 0.3) is 0 Å². The third kappa shape index (κ3) is 1.99. The number of anilines is 2. The van der Waals surface area contributed by atoms with Crippen LogP contribution in [0.5, 0.6) is 5.75 Å². The van der Waals surface area contributed by atoms with Crippen LogP contribution < -0.4 is 14.7 Å². The fraction of sp³-hybridized carbons (Fsp3) is 0. The second-order valence-corrected chi connectivity index (χ2v) is 5.46. The molecule has 1 aliphatic heterocycles. The minimum absolute atomic E-state index is 0.573. The SMILES string of the molecule is O=P1(Oc2ccccc2)Nc2ccccc2N1. The topological polar surface area (TPSA) is 50.4 Å². The second kappa shape index (κ2) is 3.82. The zero-order valence-corrected chi connectivity index (χ0v) is 9.85. The summed E-state index contributed by atoms with van der Waals surface area (Å²) in [5, 5.41) is 5.76. The van der Waals surface area contributed by atoms with Crippen LogP contribution in [0.4, 0.5) is 11.4 Å². The molecule has 0 saturated carbocycles. The third-order valence-corrected chi connectivity index (χ3v) is 3.98. The number of hydrogen-bond acceptors (Lipinski definition) is 2. The van der Waals surface area contributed by atoms with Gasteiger partial charge in [-0.25, -0.2) is 4.57 Å². The molecule has 17 heavy (non-hydrogen) atoms. The van der Waals surface area contributed by atoms with Crippen molar-refractivity contribution in [3.05, 3.63) is 54.6 Å². The summed E-state index contributed by atoms with van der Waals surface area (Å²) in [5.74, 6) is 0.573. The first-order chi connectivity index (χ1) is 8.25. The monoisotopic (exact) mass is 246 g/mol. The molecule has 4 nitrogen and oxygen atoms in total. The van der Waals surface area contributed by atoms with Crippen molar-refractivity contribution in [1.82, 2.24) is 0 Å². The van der Waals surface area contributed by atoms with E-state index in [1.165, 1.54) is 0 Å². The highest BCUT2D eigenvalue weighted by atomic mass is 31.2. The lowest BCUT2D eigenvalue weighted by molar-refractivity contribution is 0.494. The fourth-order valence-electron chi connectivity index (χ4n) is 1.70. The van der Waals surface area contributed by atoms with Gasteiger partial charge in [-0.15, -0.1) is 0 Å². The first-order valence-corrected chi connectivity index (χ1v) is 6.88. The summed E-state index contributed by atoms with van der Waals surface area (Å²) < 4.78 is 17.9. The smallest absolute Gasteiger partial charge is 0.414 e. The van der Waals surface area contributed by atoms with Gasteiger partial charge in [0.2, 0.25) is 0 Å². The molecule has 0 atom stereocenters. The van der Waals surface area contributed by atoms with E-state index in [1.807, 2.05) is 42.5 Å². The molecule has 1 heterocycles. The Labute approximate surface area is 99.2 Å². The van der Waals surface area contributed by atoms with Gasteiger partial charge in [-0.2, -0.15) is 0 Å². The van der Waals surface area contributed by atoms with Gasteiger partial charge >= 0.3 is 7.67 Å². The summed E-state index contributed by atoms with van der Waals surface area (Å²) in [6, 6.07) is 16.6. The molecule has 0 radical (unpaired) electrons. The standard InChI is InChI=1S/C12H11N2O2P/c15-17(16-10-6-2-1-3-7-10)13-11-8-4-5-9-12(11)14-17/h1-9H,(H2,13,14,15). The molecule has 0 amide bonds. The molecule has 2 aromatic rings. The third-order valence-electron chi connectivity index (χ3n) is 2.44. The minimum atomic E-state index is -3.07. The molecular formula is C12H11N2O2P. The largest absolute Gasteiger partial charge is 0.444 e. The zero-order valence-electron chi connectivity index (χ0n) is 8.96. The number of hydrogen-bond donors (Lipinski definition) is 2. The Kier molecular flexibility index (Phi) is 2.30. The molecule has 5 heteroatoms. The van der Waals surface area contributed by atoms with E-state index in [-0.39, 0.29) is 0 Å². The molecule has 86 valence electrons. The summed E-state index contributed by atoms with van der Waals surface area (Å²) in [6.07, 6.45) is 0. The van der Waals surface area contributed by atoms with Crippen molar-refractivity contribution >= 4 is 19.0 Å². The number of benzene rings is 2. The van der Waals surface area contributed by atoms with E-state index < -0.39 is 7.67 Å². The summed E-state index contributed by atoms with van der Waals surface area (Å²) >= 11 is 0. The van der Waals surface area contributed by atoms with E-state index >= 15 is 0 Å². The predicted molar refractivity (Wildman–Crippen MR) is 68.4 cm³/mol. The van der Waals surface area contributed by atoms with Crippen LogP contribution in [0.1, 0.15) is 0 Å². The molecule has 0 fully saturated rings. The van der Waals surface area contributed by atoms with Crippen LogP contribution in [-0.2, 0) is 4.57 Å². The molecule has 0 saturated heterocycles. The Bertz CT molecular complexity index is 557. The Morgan fingerprint density at radius 1 is 0.824 bits per heavy atom. The number of fused-ring (bicyclic) bond motifs is 1. The molecule has 0 aliphatic carbocycles. The molecule has 0 spiro atoms. The van der Waals surface area contributed by atoms with Gasteiger partial charge in [0.05, 0.1) is 11.4 Å². The Balaban J connectivity index is 1.85. The highest BCUT2D eigenvalue weighted by molar-refractivity contribution is 7.63.